The number of hydrogen-bond donors (Lipinski definition) is 1. The molecule has 0 unspecified atom stereocenters. The standard InChI is InChI=1S/C17H12N2O5/c20-16(21)9-12-10-18(15-7-2-1-6-14(12)15)17(22)11-4-3-5-13(8-11)19(23)24/h1-8,10H,9H2,(H,20,21). The van der Waals surface area contributed by atoms with Crippen molar-refractivity contribution in [3.05, 3.63) is 76.0 Å². The number of carbonyl (C=O) groups is 2. The Labute approximate surface area is 135 Å². The monoisotopic (exact) mass is 324 g/mol. The summed E-state index contributed by atoms with van der Waals surface area (Å²) in [5.41, 5.74) is 1.05. The first kappa shape index (κ1) is 15.4. The second kappa shape index (κ2) is 5.96. The van der Waals surface area contributed by atoms with Gasteiger partial charge in [-0.1, -0.05) is 24.3 Å². The fraction of sp³-hybridized carbons (Fsp3) is 0.0588. The van der Waals surface area contributed by atoms with Gasteiger partial charge in [0.25, 0.3) is 11.6 Å². The van der Waals surface area contributed by atoms with Crippen molar-refractivity contribution in [3.8, 4) is 0 Å². The molecule has 3 rings (SSSR count). The van der Waals surface area contributed by atoms with Gasteiger partial charge >= 0.3 is 5.97 Å². The van der Waals surface area contributed by atoms with E-state index in [4.69, 9.17) is 5.11 Å². The average Bonchev–Trinajstić information content (AvgIpc) is 2.92. The lowest BCUT2D eigenvalue weighted by Crippen LogP contribution is -2.11. The molecule has 3 aromatic rings. The van der Waals surface area contributed by atoms with E-state index in [2.05, 4.69) is 0 Å². The van der Waals surface area contributed by atoms with Gasteiger partial charge in [0.05, 0.1) is 16.9 Å². The maximum absolute atomic E-state index is 12.7. The number of rotatable bonds is 4. The zero-order chi connectivity index (χ0) is 17.3. The van der Waals surface area contributed by atoms with Crippen molar-refractivity contribution in [1.82, 2.24) is 4.57 Å². The molecule has 0 aliphatic heterocycles. The highest BCUT2D eigenvalue weighted by atomic mass is 16.6. The number of benzene rings is 2. The highest BCUT2D eigenvalue weighted by molar-refractivity contribution is 6.03. The van der Waals surface area contributed by atoms with Crippen LogP contribution in [0.25, 0.3) is 10.9 Å². The fourth-order valence-corrected chi connectivity index (χ4v) is 2.61. The highest BCUT2D eigenvalue weighted by Gasteiger charge is 2.18. The second-order valence-electron chi connectivity index (χ2n) is 5.22. The van der Waals surface area contributed by atoms with Crippen LogP contribution in [0, 0.1) is 10.1 Å². The van der Waals surface area contributed by atoms with E-state index < -0.39 is 16.8 Å². The van der Waals surface area contributed by atoms with Gasteiger partial charge in [0, 0.05) is 29.3 Å². The minimum Gasteiger partial charge on any atom is -0.481 e. The number of nitro benzene ring substituents is 1. The first-order valence-corrected chi connectivity index (χ1v) is 7.07. The molecule has 7 nitrogen and oxygen atoms in total. The van der Waals surface area contributed by atoms with Crippen LogP contribution in [-0.2, 0) is 11.2 Å². The van der Waals surface area contributed by atoms with E-state index in [0.29, 0.717) is 16.5 Å². The third-order valence-electron chi connectivity index (χ3n) is 3.66. The van der Waals surface area contributed by atoms with E-state index in [9.17, 15) is 19.7 Å². The molecule has 0 saturated carbocycles. The summed E-state index contributed by atoms with van der Waals surface area (Å²) < 4.78 is 1.33. The second-order valence-corrected chi connectivity index (χ2v) is 5.22. The van der Waals surface area contributed by atoms with Gasteiger partial charge in [-0.2, -0.15) is 0 Å². The average molecular weight is 324 g/mol. The summed E-state index contributed by atoms with van der Waals surface area (Å²) in [6.07, 6.45) is 1.26. The van der Waals surface area contributed by atoms with Crippen LogP contribution in [0.15, 0.2) is 54.7 Å². The van der Waals surface area contributed by atoms with Crippen LogP contribution in [0.5, 0.6) is 0 Å². The van der Waals surface area contributed by atoms with Crippen molar-refractivity contribution >= 4 is 28.5 Å². The zero-order valence-corrected chi connectivity index (χ0v) is 12.4. The molecule has 0 atom stereocenters. The molecule has 0 aliphatic rings. The largest absolute Gasteiger partial charge is 0.481 e. The summed E-state index contributed by atoms with van der Waals surface area (Å²) in [6.45, 7) is 0. The quantitative estimate of drug-likeness (QED) is 0.587. The summed E-state index contributed by atoms with van der Waals surface area (Å²) in [7, 11) is 0. The van der Waals surface area contributed by atoms with E-state index in [0.717, 1.165) is 0 Å². The summed E-state index contributed by atoms with van der Waals surface area (Å²) >= 11 is 0. The minimum absolute atomic E-state index is 0.159. The molecule has 1 aromatic heterocycles. The number of hydrogen-bond acceptors (Lipinski definition) is 4. The van der Waals surface area contributed by atoms with Crippen LogP contribution in [0.4, 0.5) is 5.69 Å². The van der Waals surface area contributed by atoms with Gasteiger partial charge in [-0.3, -0.25) is 24.3 Å². The number of carbonyl (C=O) groups excluding carboxylic acids is 1. The molecule has 120 valence electrons. The lowest BCUT2D eigenvalue weighted by atomic mass is 10.1. The van der Waals surface area contributed by atoms with Crippen molar-refractivity contribution in [3.63, 3.8) is 0 Å². The fourth-order valence-electron chi connectivity index (χ4n) is 2.61. The van der Waals surface area contributed by atoms with Gasteiger partial charge in [-0.25, -0.2) is 0 Å². The van der Waals surface area contributed by atoms with Gasteiger partial charge < -0.3 is 5.11 Å². The van der Waals surface area contributed by atoms with Crippen LogP contribution in [0.3, 0.4) is 0 Å². The molecule has 7 heteroatoms. The van der Waals surface area contributed by atoms with E-state index in [1.54, 1.807) is 24.3 Å². The molecule has 1 heterocycles. The SMILES string of the molecule is O=C(O)Cc1cn(C(=O)c2cccc([N+](=O)[O-])c2)c2ccccc12. The minimum atomic E-state index is -0.999. The summed E-state index contributed by atoms with van der Waals surface area (Å²) in [6, 6.07) is 12.4. The van der Waals surface area contributed by atoms with E-state index in [1.807, 2.05) is 0 Å². The highest BCUT2D eigenvalue weighted by Crippen LogP contribution is 2.24. The molecular formula is C17H12N2O5. The van der Waals surface area contributed by atoms with Crippen molar-refractivity contribution in [2.45, 2.75) is 6.42 Å². The first-order chi connectivity index (χ1) is 11.5. The third-order valence-corrected chi connectivity index (χ3v) is 3.66. The van der Waals surface area contributed by atoms with Gasteiger partial charge in [-0.15, -0.1) is 0 Å². The normalized spacial score (nSPS) is 10.7. The molecule has 0 amide bonds. The number of nitro groups is 1. The van der Waals surface area contributed by atoms with Crippen molar-refractivity contribution in [2.75, 3.05) is 0 Å². The van der Waals surface area contributed by atoms with Crippen molar-refractivity contribution < 1.29 is 19.6 Å². The van der Waals surface area contributed by atoms with E-state index >= 15 is 0 Å². The zero-order valence-electron chi connectivity index (χ0n) is 12.4. The summed E-state index contributed by atoms with van der Waals surface area (Å²) in [5.74, 6) is -1.45. The van der Waals surface area contributed by atoms with Gasteiger partial charge in [0.15, 0.2) is 0 Å². The number of fused-ring (bicyclic) bond motifs is 1. The molecule has 1 N–H and O–H groups in total. The van der Waals surface area contributed by atoms with E-state index in [-0.39, 0.29) is 17.7 Å². The molecule has 0 fully saturated rings. The summed E-state index contributed by atoms with van der Waals surface area (Å²) in [4.78, 5) is 34.0. The van der Waals surface area contributed by atoms with Crippen molar-refractivity contribution in [2.24, 2.45) is 0 Å². The van der Waals surface area contributed by atoms with Crippen LogP contribution in [-0.4, -0.2) is 26.5 Å². The molecule has 0 spiro atoms. The van der Waals surface area contributed by atoms with Gasteiger partial charge in [-0.05, 0) is 17.7 Å². The Morgan fingerprint density at radius 2 is 1.88 bits per heavy atom. The lowest BCUT2D eigenvalue weighted by Gasteiger charge is -2.04. The van der Waals surface area contributed by atoms with Crippen LogP contribution < -0.4 is 0 Å². The van der Waals surface area contributed by atoms with E-state index in [1.165, 1.54) is 35.0 Å². The Morgan fingerprint density at radius 3 is 2.58 bits per heavy atom. The number of nitrogens with zero attached hydrogens (tertiary/aromatic N) is 2. The van der Waals surface area contributed by atoms with Crippen LogP contribution in [0.1, 0.15) is 15.9 Å². The predicted molar refractivity (Wildman–Crippen MR) is 86.1 cm³/mol. The molecule has 0 radical (unpaired) electrons. The first-order valence-electron chi connectivity index (χ1n) is 7.07. The van der Waals surface area contributed by atoms with Crippen LogP contribution >= 0.6 is 0 Å². The lowest BCUT2D eigenvalue weighted by molar-refractivity contribution is -0.384. The number of aromatic nitrogens is 1. The molecule has 24 heavy (non-hydrogen) atoms. The molecule has 2 aromatic carbocycles. The third kappa shape index (κ3) is 2.74. The number of non-ortho nitro benzene ring substituents is 1. The maximum Gasteiger partial charge on any atom is 0.307 e. The number of carboxylic acids is 1. The maximum atomic E-state index is 12.7. The van der Waals surface area contributed by atoms with Gasteiger partial charge in [0.1, 0.15) is 0 Å². The molecule has 0 saturated heterocycles. The Hall–Kier alpha value is -3.48. The predicted octanol–water partition coefficient (Wildman–Crippen LogP) is 2.87. The smallest absolute Gasteiger partial charge is 0.307 e. The topological polar surface area (TPSA) is 102 Å². The van der Waals surface area contributed by atoms with Crippen LogP contribution in [0.2, 0.25) is 0 Å². The van der Waals surface area contributed by atoms with Gasteiger partial charge in [0.2, 0.25) is 0 Å². The Kier molecular flexibility index (Phi) is 3.83. The van der Waals surface area contributed by atoms with Crippen molar-refractivity contribution in [1.29, 1.82) is 0 Å². The number of aliphatic carboxylic acids is 1. The molecule has 0 bridgehead atoms. The Balaban J connectivity index is 2.12. The Bertz CT molecular complexity index is 974. The number of para-hydroxylation sites is 1. The summed E-state index contributed by atoms with van der Waals surface area (Å²) in [5, 5.41) is 20.6. The number of carboxylic acid groups (broad SMARTS) is 1. The molecule has 0 aliphatic carbocycles. The Morgan fingerprint density at radius 1 is 1.12 bits per heavy atom. The molecular weight excluding hydrogens is 312 g/mol.